The van der Waals surface area contributed by atoms with E-state index in [4.69, 9.17) is 21.1 Å². The lowest BCUT2D eigenvalue weighted by Crippen LogP contribution is -2.57. The number of likely N-dealkylation sites (tertiary alicyclic amines) is 1. The molecule has 2 aromatic rings. The highest BCUT2D eigenvalue weighted by Crippen LogP contribution is 2.45. The van der Waals surface area contributed by atoms with E-state index in [9.17, 15) is 28.5 Å². The number of anilines is 1. The summed E-state index contributed by atoms with van der Waals surface area (Å²) in [6, 6.07) is 10.4. The standard InChI is InChI=1S/C33H44ClN3O8S/c1-8-45-32(42)36-46(43,21(4)5)19-27(20(2)3)37-26(22-9-11-23(34)12-10-22)15-16-33(6,31(37)41)18-29(38)35-24-13-14-25(30(39)40)28(17-24)44-7/h9-14,17,20-21,26-27H,8,15-16,18-19H2,1-7H3,(H,35,38)(H,39,40)/t26-,27?,33+,46?/m0/s1. The molecule has 13 heteroatoms. The Bertz CT molecular complexity index is 1570. The number of carboxylic acids is 1. The molecule has 11 nitrogen and oxygen atoms in total. The summed E-state index contributed by atoms with van der Waals surface area (Å²) in [6.07, 6.45) is -0.158. The van der Waals surface area contributed by atoms with Crippen molar-refractivity contribution >= 4 is 50.9 Å². The second kappa shape index (κ2) is 15.3. The Kier molecular flexibility index (Phi) is 12.2. The number of nitrogens with one attached hydrogen (secondary N) is 1. The summed E-state index contributed by atoms with van der Waals surface area (Å²) >= 11 is 6.18. The van der Waals surface area contributed by atoms with Crippen LogP contribution in [-0.4, -0.2) is 68.9 Å². The summed E-state index contributed by atoms with van der Waals surface area (Å²) in [5.41, 5.74) is -0.000560. The van der Waals surface area contributed by atoms with Crippen molar-refractivity contribution in [3.8, 4) is 5.75 Å². The molecule has 1 heterocycles. The predicted octanol–water partition coefficient (Wildman–Crippen LogP) is 6.80. The number of carboxylic acid groups (broad SMARTS) is 1. The van der Waals surface area contributed by atoms with Crippen LogP contribution in [0.3, 0.4) is 0 Å². The van der Waals surface area contributed by atoms with Crippen molar-refractivity contribution in [2.75, 3.05) is 24.8 Å². The number of rotatable bonds is 12. The number of methoxy groups -OCH3 is 1. The van der Waals surface area contributed by atoms with Gasteiger partial charge in [0, 0.05) is 34.5 Å². The molecule has 3 amide bonds. The Labute approximate surface area is 276 Å². The SMILES string of the molecule is CCOC(=O)N=S(=O)(CC(C(C)C)N1C(=O)[C@@](C)(CC(=O)Nc2ccc(C(=O)O)c(OC)c2)CC[C@H]1c1ccc(Cl)cc1)C(C)C. The van der Waals surface area contributed by atoms with Crippen LogP contribution in [0, 0.1) is 11.3 Å². The van der Waals surface area contributed by atoms with E-state index in [1.165, 1.54) is 25.3 Å². The Morgan fingerprint density at radius 1 is 1.15 bits per heavy atom. The van der Waals surface area contributed by atoms with E-state index in [0.29, 0.717) is 23.6 Å². The number of nitrogens with zero attached hydrogens (tertiary/aromatic N) is 2. The zero-order chi connectivity index (χ0) is 34.4. The number of benzene rings is 2. The van der Waals surface area contributed by atoms with E-state index in [2.05, 4.69) is 9.68 Å². The number of piperidine rings is 1. The van der Waals surface area contributed by atoms with Gasteiger partial charge in [-0.05, 0) is 55.5 Å². The molecule has 252 valence electrons. The topological polar surface area (TPSA) is 152 Å². The molecule has 1 aliphatic heterocycles. The third-order valence-electron chi connectivity index (χ3n) is 8.35. The third-order valence-corrected chi connectivity index (χ3v) is 11.3. The molecule has 1 fully saturated rings. The zero-order valence-corrected chi connectivity index (χ0v) is 28.9. The van der Waals surface area contributed by atoms with Crippen molar-refractivity contribution in [1.29, 1.82) is 0 Å². The van der Waals surface area contributed by atoms with Crippen LogP contribution in [0.1, 0.15) is 82.8 Å². The molecule has 2 aromatic carbocycles. The van der Waals surface area contributed by atoms with Crippen LogP contribution < -0.4 is 10.1 Å². The maximum atomic E-state index is 14.7. The van der Waals surface area contributed by atoms with E-state index < -0.39 is 50.4 Å². The maximum absolute atomic E-state index is 14.7. The van der Waals surface area contributed by atoms with Gasteiger partial charge in [0.1, 0.15) is 11.3 Å². The van der Waals surface area contributed by atoms with Gasteiger partial charge >= 0.3 is 12.1 Å². The number of hydrogen-bond donors (Lipinski definition) is 2. The van der Waals surface area contributed by atoms with Crippen molar-refractivity contribution in [3.05, 3.63) is 58.6 Å². The fraction of sp³-hybridized carbons (Fsp3) is 0.515. The molecule has 0 bridgehead atoms. The van der Waals surface area contributed by atoms with Gasteiger partial charge in [0.2, 0.25) is 11.8 Å². The first kappa shape index (κ1) is 36.8. The van der Waals surface area contributed by atoms with Crippen molar-refractivity contribution in [2.24, 2.45) is 15.7 Å². The van der Waals surface area contributed by atoms with Gasteiger partial charge < -0.3 is 24.8 Å². The third kappa shape index (κ3) is 8.58. The fourth-order valence-corrected chi connectivity index (χ4v) is 7.80. The maximum Gasteiger partial charge on any atom is 0.441 e. The number of amides is 3. The fourth-order valence-electron chi connectivity index (χ4n) is 5.67. The molecule has 4 atom stereocenters. The smallest absolute Gasteiger partial charge is 0.441 e. The van der Waals surface area contributed by atoms with Crippen LogP contribution in [0.25, 0.3) is 0 Å². The summed E-state index contributed by atoms with van der Waals surface area (Å²) in [7, 11) is -1.83. The molecular weight excluding hydrogens is 634 g/mol. The van der Waals surface area contributed by atoms with Crippen LogP contribution in [0.5, 0.6) is 5.75 Å². The van der Waals surface area contributed by atoms with Crippen molar-refractivity contribution in [2.45, 2.75) is 78.1 Å². The zero-order valence-electron chi connectivity index (χ0n) is 27.4. The van der Waals surface area contributed by atoms with Gasteiger partial charge in [-0.25, -0.2) is 13.8 Å². The highest BCUT2D eigenvalue weighted by Gasteiger charge is 2.49. The van der Waals surface area contributed by atoms with Crippen LogP contribution in [0.2, 0.25) is 5.02 Å². The average Bonchev–Trinajstić information content (AvgIpc) is 2.97. The Hall–Kier alpha value is -3.64. The molecule has 46 heavy (non-hydrogen) atoms. The normalized spacial score (nSPS) is 20.2. The van der Waals surface area contributed by atoms with Crippen LogP contribution >= 0.6 is 11.6 Å². The van der Waals surface area contributed by atoms with Gasteiger partial charge in [-0.1, -0.05) is 58.4 Å². The molecule has 1 aliphatic rings. The molecule has 0 aliphatic carbocycles. The van der Waals surface area contributed by atoms with Crippen molar-refractivity contribution in [3.63, 3.8) is 0 Å². The van der Waals surface area contributed by atoms with Gasteiger partial charge in [0.05, 0.1) is 40.7 Å². The van der Waals surface area contributed by atoms with Gasteiger partial charge in [-0.2, -0.15) is 0 Å². The largest absolute Gasteiger partial charge is 0.496 e. The molecule has 2 unspecified atom stereocenters. The molecule has 0 saturated carbocycles. The molecule has 0 aromatic heterocycles. The summed E-state index contributed by atoms with van der Waals surface area (Å²) in [6.45, 7) is 10.8. The lowest BCUT2D eigenvalue weighted by Gasteiger charge is -2.49. The van der Waals surface area contributed by atoms with Gasteiger partial charge in [-0.15, -0.1) is 4.36 Å². The second-order valence-corrected chi connectivity index (χ2v) is 15.6. The van der Waals surface area contributed by atoms with Crippen LogP contribution in [0.4, 0.5) is 10.5 Å². The quantitative estimate of drug-likeness (QED) is 0.249. The lowest BCUT2D eigenvalue weighted by molar-refractivity contribution is -0.155. The van der Waals surface area contributed by atoms with Crippen molar-refractivity contribution in [1.82, 2.24) is 4.90 Å². The van der Waals surface area contributed by atoms with Gasteiger partial charge in [-0.3, -0.25) is 9.59 Å². The van der Waals surface area contributed by atoms with E-state index in [1.54, 1.807) is 44.7 Å². The number of ether oxygens (including phenoxy) is 2. The highest BCUT2D eigenvalue weighted by atomic mass is 35.5. The Morgan fingerprint density at radius 3 is 2.35 bits per heavy atom. The molecule has 3 rings (SSSR count). The minimum Gasteiger partial charge on any atom is -0.496 e. The van der Waals surface area contributed by atoms with Crippen molar-refractivity contribution < 1.29 is 38.0 Å². The number of halogens is 1. The van der Waals surface area contributed by atoms with Crippen LogP contribution in [0.15, 0.2) is 46.8 Å². The molecule has 0 radical (unpaired) electrons. The molecule has 2 N–H and O–H groups in total. The van der Waals surface area contributed by atoms with Gasteiger partial charge in [0.25, 0.3) is 0 Å². The average molecular weight is 678 g/mol. The van der Waals surface area contributed by atoms with E-state index in [0.717, 1.165) is 5.56 Å². The number of hydrogen-bond acceptors (Lipinski definition) is 7. The minimum absolute atomic E-state index is 0.0498. The Balaban J connectivity index is 2.02. The van der Waals surface area contributed by atoms with E-state index in [-0.39, 0.29) is 41.9 Å². The highest BCUT2D eigenvalue weighted by molar-refractivity contribution is 7.94. The predicted molar refractivity (Wildman–Crippen MR) is 178 cm³/mol. The first-order valence-electron chi connectivity index (χ1n) is 15.2. The monoisotopic (exact) mass is 677 g/mol. The summed E-state index contributed by atoms with van der Waals surface area (Å²) in [5.74, 6) is -2.05. The summed E-state index contributed by atoms with van der Waals surface area (Å²) < 4.78 is 28.4. The summed E-state index contributed by atoms with van der Waals surface area (Å²) in [4.78, 5) is 53.6. The van der Waals surface area contributed by atoms with Gasteiger partial charge in [0.15, 0.2) is 0 Å². The van der Waals surface area contributed by atoms with E-state index >= 15 is 0 Å². The van der Waals surface area contributed by atoms with Crippen LogP contribution in [-0.2, 0) is 24.1 Å². The minimum atomic E-state index is -3.17. The van der Waals surface area contributed by atoms with E-state index in [1.807, 2.05) is 26.0 Å². The first-order valence-corrected chi connectivity index (χ1v) is 17.4. The first-order chi connectivity index (χ1) is 21.5. The number of aromatic carboxylic acids is 1. The molecular formula is C33H44ClN3O8S. The number of carbonyl (C=O) groups excluding carboxylic acids is 3. The molecule has 1 saturated heterocycles. The number of carbonyl (C=O) groups is 4. The summed E-state index contributed by atoms with van der Waals surface area (Å²) in [5, 5.41) is 12.2. The second-order valence-electron chi connectivity index (χ2n) is 12.3. The lowest BCUT2D eigenvalue weighted by atomic mass is 9.73. The molecule has 0 spiro atoms. The Morgan fingerprint density at radius 2 is 1.80 bits per heavy atom.